The van der Waals surface area contributed by atoms with Crippen molar-refractivity contribution in [1.29, 1.82) is 0 Å². The summed E-state index contributed by atoms with van der Waals surface area (Å²) in [4.78, 5) is 24.9. The van der Waals surface area contributed by atoms with Gasteiger partial charge in [0.15, 0.2) is 11.6 Å². The van der Waals surface area contributed by atoms with Crippen LogP contribution in [0.5, 0.6) is 0 Å². The van der Waals surface area contributed by atoms with Gasteiger partial charge in [0, 0.05) is 10.8 Å². The maximum absolute atomic E-state index is 13.0. The van der Waals surface area contributed by atoms with Crippen LogP contribution < -0.4 is 0 Å². The molecule has 8 atom stereocenters. The Kier molecular flexibility index (Phi) is 3.46. The van der Waals surface area contributed by atoms with Gasteiger partial charge in [-0.05, 0) is 67.9 Å². The molecule has 0 aromatic heterocycles. The third-order valence-corrected chi connectivity index (χ3v) is 10.0. The van der Waals surface area contributed by atoms with E-state index in [1.807, 2.05) is 6.08 Å². The molecule has 4 heteroatoms. The predicted molar refractivity (Wildman–Crippen MR) is 104 cm³/mol. The molecule has 1 saturated heterocycles. The largest absolute Gasteiger partial charge is 0.364 e. The highest BCUT2D eigenvalue weighted by Crippen LogP contribution is 2.78. The van der Waals surface area contributed by atoms with Gasteiger partial charge in [-0.1, -0.05) is 32.4 Å². The van der Waals surface area contributed by atoms with Gasteiger partial charge in [-0.2, -0.15) is 0 Å². The summed E-state index contributed by atoms with van der Waals surface area (Å²) in [6.07, 6.45) is 9.84. The van der Waals surface area contributed by atoms with Crippen molar-refractivity contribution in [1.82, 2.24) is 0 Å². The van der Waals surface area contributed by atoms with Gasteiger partial charge in [-0.25, -0.2) is 0 Å². The summed E-state index contributed by atoms with van der Waals surface area (Å²) in [6.45, 7) is 8.98. The number of fused-ring (bicyclic) bond motifs is 3. The molecule has 1 aliphatic heterocycles. The van der Waals surface area contributed by atoms with E-state index in [-0.39, 0.29) is 45.4 Å². The minimum absolute atomic E-state index is 0.0699. The summed E-state index contributed by atoms with van der Waals surface area (Å²) in [6, 6.07) is 0. The van der Waals surface area contributed by atoms with Crippen molar-refractivity contribution in [2.24, 2.45) is 34.0 Å². The number of epoxide rings is 1. The number of hydrogen-bond acceptors (Lipinski definition) is 3. The Morgan fingerprint density at radius 2 is 2.04 bits per heavy atom. The quantitative estimate of drug-likeness (QED) is 0.517. The first-order valence-corrected chi connectivity index (χ1v) is 10.9. The van der Waals surface area contributed by atoms with Gasteiger partial charge in [0.2, 0.25) is 0 Å². The van der Waals surface area contributed by atoms with Crippen LogP contribution in [0.25, 0.3) is 0 Å². The monoisotopic (exact) mass is 388 g/mol. The van der Waals surface area contributed by atoms with E-state index >= 15 is 0 Å². The number of rotatable bonds is 2. The van der Waals surface area contributed by atoms with Crippen LogP contribution in [-0.4, -0.2) is 29.2 Å². The van der Waals surface area contributed by atoms with E-state index in [1.165, 1.54) is 5.57 Å². The van der Waals surface area contributed by atoms with Crippen molar-refractivity contribution in [2.75, 3.05) is 5.88 Å². The van der Waals surface area contributed by atoms with E-state index in [9.17, 15) is 9.59 Å². The summed E-state index contributed by atoms with van der Waals surface area (Å²) in [7, 11) is 0. The SMILES string of the molecule is C[C@@H]1C[C@H]2[C@@H]3CCC4=CC(=O)C=C[C@]4(C)[C@@]34O[C@H]4C[C@]2(C)[C@@]1(C)C(=O)CCl. The van der Waals surface area contributed by atoms with Crippen molar-refractivity contribution in [2.45, 2.75) is 65.1 Å². The molecule has 0 aromatic carbocycles. The van der Waals surface area contributed by atoms with Gasteiger partial charge in [-0.15, -0.1) is 11.6 Å². The number of Topliss-reactive ketones (excluding diaryl/α,β-unsaturated/α-hetero) is 1. The van der Waals surface area contributed by atoms with Crippen LogP contribution in [0, 0.1) is 34.0 Å². The molecule has 0 amide bonds. The molecular formula is C23H29ClO3. The second-order valence-electron chi connectivity index (χ2n) is 10.3. The molecule has 3 nitrogen and oxygen atoms in total. The number of hydrogen-bond donors (Lipinski definition) is 0. The first-order valence-electron chi connectivity index (χ1n) is 10.4. The summed E-state index contributed by atoms with van der Waals surface area (Å²) in [5.41, 5.74) is 0.414. The Morgan fingerprint density at radius 1 is 1.30 bits per heavy atom. The lowest BCUT2D eigenvalue weighted by Gasteiger charge is -2.56. The zero-order chi connectivity index (χ0) is 19.4. The lowest BCUT2D eigenvalue weighted by Crippen LogP contribution is -2.58. The van der Waals surface area contributed by atoms with Gasteiger partial charge < -0.3 is 4.74 Å². The highest BCUT2D eigenvalue weighted by atomic mass is 35.5. The van der Waals surface area contributed by atoms with Crippen LogP contribution in [0.3, 0.4) is 0 Å². The van der Waals surface area contributed by atoms with Gasteiger partial charge in [-0.3, -0.25) is 9.59 Å². The van der Waals surface area contributed by atoms with E-state index < -0.39 is 0 Å². The second-order valence-corrected chi connectivity index (χ2v) is 10.5. The van der Waals surface area contributed by atoms with Gasteiger partial charge >= 0.3 is 0 Å². The Morgan fingerprint density at radius 3 is 2.74 bits per heavy atom. The van der Waals surface area contributed by atoms with Gasteiger partial charge in [0.1, 0.15) is 5.60 Å². The first-order chi connectivity index (χ1) is 12.6. The molecule has 0 N–H and O–H groups in total. The molecule has 5 aliphatic rings. The number of alkyl halides is 1. The smallest absolute Gasteiger partial charge is 0.178 e. The van der Waals surface area contributed by atoms with E-state index in [1.54, 1.807) is 6.08 Å². The van der Waals surface area contributed by atoms with E-state index in [0.29, 0.717) is 17.8 Å². The second kappa shape index (κ2) is 5.16. The molecule has 4 fully saturated rings. The van der Waals surface area contributed by atoms with Crippen LogP contribution in [0.4, 0.5) is 0 Å². The van der Waals surface area contributed by atoms with Crippen LogP contribution >= 0.6 is 11.6 Å². The van der Waals surface area contributed by atoms with Crippen LogP contribution in [-0.2, 0) is 14.3 Å². The molecule has 4 aliphatic carbocycles. The topological polar surface area (TPSA) is 46.7 Å². The van der Waals surface area contributed by atoms with E-state index in [0.717, 1.165) is 25.7 Å². The molecule has 0 unspecified atom stereocenters. The highest BCUT2D eigenvalue weighted by molar-refractivity contribution is 6.28. The first kappa shape index (κ1) is 18.1. The molecule has 0 radical (unpaired) electrons. The Labute approximate surface area is 166 Å². The van der Waals surface area contributed by atoms with Crippen molar-refractivity contribution < 1.29 is 14.3 Å². The summed E-state index contributed by atoms with van der Waals surface area (Å²) < 4.78 is 6.57. The highest BCUT2D eigenvalue weighted by Gasteiger charge is 2.81. The van der Waals surface area contributed by atoms with E-state index in [2.05, 4.69) is 33.8 Å². The summed E-state index contributed by atoms with van der Waals surface area (Å²) >= 11 is 6.06. The lowest BCUT2D eigenvalue weighted by atomic mass is 9.45. The minimum atomic E-state index is -0.382. The van der Waals surface area contributed by atoms with Gasteiger partial charge in [0.05, 0.1) is 12.0 Å². The maximum atomic E-state index is 13.0. The van der Waals surface area contributed by atoms with Crippen molar-refractivity contribution in [3.05, 3.63) is 23.8 Å². The lowest BCUT2D eigenvalue weighted by molar-refractivity contribution is -0.137. The summed E-state index contributed by atoms with van der Waals surface area (Å²) in [5, 5.41) is 0. The molecule has 3 saturated carbocycles. The number of carbonyl (C=O) groups is 2. The molecule has 1 spiro atoms. The fourth-order valence-electron chi connectivity index (χ4n) is 7.94. The molecule has 1 heterocycles. The average molecular weight is 389 g/mol. The fourth-order valence-corrected chi connectivity index (χ4v) is 8.22. The van der Waals surface area contributed by atoms with Crippen molar-refractivity contribution in [3.8, 4) is 0 Å². The number of ether oxygens (including phenoxy) is 1. The number of carbonyl (C=O) groups excluding carboxylic acids is 2. The standard InChI is InChI=1S/C23H29ClO3/c1-13-9-17-16-6-5-14-10-15(25)7-8-20(14,2)23(16)19(27-23)11-21(17,3)22(13,4)18(26)12-24/h7-8,10,13,16-17,19H,5-6,9,11-12H2,1-4H3/t13-,16+,17+,19+,20+,21+,22-,23-/m1/s1. The molecular weight excluding hydrogens is 360 g/mol. The van der Waals surface area contributed by atoms with Crippen molar-refractivity contribution >= 4 is 23.2 Å². The third kappa shape index (κ3) is 1.80. The zero-order valence-electron chi connectivity index (χ0n) is 16.7. The van der Waals surface area contributed by atoms with Crippen LogP contribution in [0.2, 0.25) is 0 Å². The average Bonchev–Trinajstić information content (AvgIpc) is 3.31. The van der Waals surface area contributed by atoms with Crippen LogP contribution in [0.15, 0.2) is 23.8 Å². The molecule has 0 bridgehead atoms. The van der Waals surface area contributed by atoms with Crippen molar-refractivity contribution in [3.63, 3.8) is 0 Å². The number of halogens is 1. The minimum Gasteiger partial charge on any atom is -0.364 e. The Bertz CT molecular complexity index is 814. The molecule has 27 heavy (non-hydrogen) atoms. The third-order valence-electron chi connectivity index (χ3n) is 9.80. The zero-order valence-corrected chi connectivity index (χ0v) is 17.4. The number of ketones is 2. The molecule has 5 rings (SSSR count). The normalized spacial score (nSPS) is 55.1. The van der Waals surface area contributed by atoms with Gasteiger partial charge in [0.25, 0.3) is 0 Å². The number of allylic oxidation sites excluding steroid dienone is 2. The molecule has 146 valence electrons. The van der Waals surface area contributed by atoms with E-state index in [4.69, 9.17) is 16.3 Å². The molecule has 0 aromatic rings. The Balaban J connectivity index is 1.60. The van der Waals surface area contributed by atoms with Crippen LogP contribution in [0.1, 0.15) is 53.4 Å². The fraction of sp³-hybridized carbons (Fsp3) is 0.739. The predicted octanol–water partition coefficient (Wildman–Crippen LogP) is 4.49. The maximum Gasteiger partial charge on any atom is 0.178 e. The summed E-state index contributed by atoms with van der Waals surface area (Å²) in [5.74, 6) is 1.63. The Hall–Kier alpha value is -0.930.